The molecule has 0 aliphatic carbocycles. The van der Waals surface area contributed by atoms with Crippen LogP contribution in [0.15, 0.2) is 36.7 Å². The van der Waals surface area contributed by atoms with Crippen LogP contribution >= 0.6 is 0 Å². The Morgan fingerprint density at radius 3 is 2.14 bits per heavy atom. The summed E-state index contributed by atoms with van der Waals surface area (Å²) in [5.41, 5.74) is 0.974. The molecule has 112 valence electrons. The molecule has 0 saturated carbocycles. The van der Waals surface area contributed by atoms with Crippen LogP contribution < -0.4 is 5.32 Å². The van der Waals surface area contributed by atoms with Gasteiger partial charge in [0, 0.05) is 12.4 Å². The minimum absolute atomic E-state index is 0.321. The fourth-order valence-electron chi connectivity index (χ4n) is 1.98. The maximum atomic E-state index is 12.6. The van der Waals surface area contributed by atoms with Gasteiger partial charge in [0.1, 0.15) is 5.82 Å². The van der Waals surface area contributed by atoms with Crippen molar-refractivity contribution in [2.45, 2.75) is 26.1 Å². The molecule has 0 aliphatic rings. The summed E-state index contributed by atoms with van der Waals surface area (Å²) in [5, 5.41) is 3.19. The Morgan fingerprint density at radius 2 is 1.67 bits per heavy atom. The molecule has 2 aromatic rings. The second-order valence-corrected chi connectivity index (χ2v) is 4.73. The van der Waals surface area contributed by atoms with Crippen LogP contribution in [0.2, 0.25) is 0 Å². The molecule has 0 amide bonds. The highest BCUT2D eigenvalue weighted by atomic mass is 19.4. The average Bonchev–Trinajstić information content (AvgIpc) is 2.45. The van der Waals surface area contributed by atoms with Crippen LogP contribution in [0.25, 0.3) is 0 Å². The van der Waals surface area contributed by atoms with E-state index in [0.29, 0.717) is 17.9 Å². The van der Waals surface area contributed by atoms with E-state index in [1.165, 1.54) is 12.1 Å². The van der Waals surface area contributed by atoms with Crippen LogP contribution in [-0.2, 0) is 6.18 Å². The highest BCUT2D eigenvalue weighted by Gasteiger charge is 2.30. The monoisotopic (exact) mass is 295 g/mol. The van der Waals surface area contributed by atoms with Crippen molar-refractivity contribution >= 4 is 0 Å². The summed E-state index contributed by atoms with van der Waals surface area (Å²) < 4.78 is 37.8. The minimum Gasteiger partial charge on any atom is -0.304 e. The van der Waals surface area contributed by atoms with Crippen LogP contribution in [0.5, 0.6) is 0 Å². The van der Waals surface area contributed by atoms with Crippen molar-refractivity contribution in [3.63, 3.8) is 0 Å². The Balaban J connectivity index is 2.32. The molecule has 1 aromatic carbocycles. The van der Waals surface area contributed by atoms with Crippen LogP contribution in [0, 0.1) is 6.92 Å². The van der Waals surface area contributed by atoms with Gasteiger partial charge in [-0.3, -0.25) is 0 Å². The molecule has 0 spiro atoms. The smallest absolute Gasteiger partial charge is 0.304 e. The molecule has 0 radical (unpaired) electrons. The summed E-state index contributed by atoms with van der Waals surface area (Å²) >= 11 is 0. The normalized spacial score (nSPS) is 13.2. The van der Waals surface area contributed by atoms with Crippen molar-refractivity contribution in [1.82, 2.24) is 15.3 Å². The molecule has 2 rings (SSSR count). The second kappa shape index (κ2) is 6.22. The predicted octanol–water partition coefficient (Wildman–Crippen LogP) is 3.50. The molecular weight excluding hydrogens is 279 g/mol. The van der Waals surface area contributed by atoms with E-state index in [2.05, 4.69) is 15.3 Å². The molecule has 1 N–H and O–H groups in total. The molecule has 0 bridgehead atoms. The lowest BCUT2D eigenvalue weighted by Gasteiger charge is -2.17. The maximum absolute atomic E-state index is 12.6. The summed E-state index contributed by atoms with van der Waals surface area (Å²) in [7, 11) is 0. The minimum atomic E-state index is -4.33. The van der Waals surface area contributed by atoms with Crippen molar-refractivity contribution in [1.29, 1.82) is 0 Å². The molecule has 0 fully saturated rings. The number of aromatic nitrogens is 2. The first-order chi connectivity index (χ1) is 9.91. The molecule has 6 heteroatoms. The number of halogens is 3. The summed E-state index contributed by atoms with van der Waals surface area (Å²) in [6.45, 7) is 4.46. The zero-order chi connectivity index (χ0) is 15.5. The average molecular weight is 295 g/mol. The first kappa shape index (κ1) is 15.4. The number of hydrogen-bond acceptors (Lipinski definition) is 3. The molecule has 0 saturated heterocycles. The van der Waals surface area contributed by atoms with Gasteiger partial charge in [0.25, 0.3) is 0 Å². The fraction of sp³-hybridized carbons (Fsp3) is 0.333. The summed E-state index contributed by atoms with van der Waals surface area (Å²) in [6.07, 6.45) is -0.944. The summed E-state index contributed by atoms with van der Waals surface area (Å²) in [5.74, 6) is 0.544. The van der Waals surface area contributed by atoms with E-state index in [-0.39, 0.29) is 6.04 Å². The van der Waals surface area contributed by atoms with E-state index in [1.807, 2.05) is 13.8 Å². The lowest BCUT2D eigenvalue weighted by molar-refractivity contribution is -0.137. The third-order valence-corrected chi connectivity index (χ3v) is 3.04. The molecule has 3 nitrogen and oxygen atoms in total. The third-order valence-electron chi connectivity index (χ3n) is 3.04. The Morgan fingerprint density at radius 1 is 1.10 bits per heavy atom. The molecular formula is C15H16F3N3. The zero-order valence-electron chi connectivity index (χ0n) is 11.8. The van der Waals surface area contributed by atoms with Gasteiger partial charge >= 0.3 is 6.18 Å². The van der Waals surface area contributed by atoms with Gasteiger partial charge in [-0.05, 0) is 36.7 Å². The SMILES string of the molecule is CCNC(c1ccc(C(F)(F)F)cc1)c1ncc(C)cn1. The number of aryl methyl sites for hydroxylation is 1. The lowest BCUT2D eigenvalue weighted by Crippen LogP contribution is -2.24. The quantitative estimate of drug-likeness (QED) is 0.938. The topological polar surface area (TPSA) is 37.8 Å². The van der Waals surface area contributed by atoms with E-state index >= 15 is 0 Å². The van der Waals surface area contributed by atoms with Gasteiger partial charge in [0.05, 0.1) is 11.6 Å². The van der Waals surface area contributed by atoms with Gasteiger partial charge in [-0.2, -0.15) is 13.2 Å². The number of rotatable bonds is 4. The van der Waals surface area contributed by atoms with E-state index in [4.69, 9.17) is 0 Å². The van der Waals surface area contributed by atoms with E-state index in [1.54, 1.807) is 12.4 Å². The number of nitrogens with zero attached hydrogens (tertiary/aromatic N) is 2. The molecule has 1 aromatic heterocycles. The predicted molar refractivity (Wildman–Crippen MR) is 73.7 cm³/mol. The van der Waals surface area contributed by atoms with Gasteiger partial charge in [-0.15, -0.1) is 0 Å². The van der Waals surface area contributed by atoms with Gasteiger partial charge < -0.3 is 5.32 Å². The van der Waals surface area contributed by atoms with Crippen molar-refractivity contribution in [2.75, 3.05) is 6.54 Å². The number of benzene rings is 1. The van der Waals surface area contributed by atoms with Crippen molar-refractivity contribution in [3.05, 3.63) is 59.2 Å². The van der Waals surface area contributed by atoms with Crippen LogP contribution in [0.3, 0.4) is 0 Å². The second-order valence-electron chi connectivity index (χ2n) is 4.73. The largest absolute Gasteiger partial charge is 0.416 e. The van der Waals surface area contributed by atoms with Crippen LogP contribution in [0.1, 0.15) is 35.5 Å². The van der Waals surface area contributed by atoms with Crippen molar-refractivity contribution < 1.29 is 13.2 Å². The molecule has 1 heterocycles. The number of alkyl halides is 3. The van der Waals surface area contributed by atoms with Gasteiger partial charge in [-0.1, -0.05) is 19.1 Å². The Hall–Kier alpha value is -1.95. The number of nitrogens with one attached hydrogen (secondary N) is 1. The van der Waals surface area contributed by atoms with Gasteiger partial charge in [0.15, 0.2) is 0 Å². The standard InChI is InChI=1S/C15H16F3N3/c1-3-19-13(14-20-8-10(2)9-21-14)11-4-6-12(7-5-11)15(16,17)18/h4-9,13,19H,3H2,1-2H3. The Bertz CT molecular complexity index is 577. The summed E-state index contributed by atoms with van der Waals surface area (Å²) in [6, 6.07) is 4.75. The van der Waals surface area contributed by atoms with Crippen molar-refractivity contribution in [3.8, 4) is 0 Å². The van der Waals surface area contributed by atoms with Crippen molar-refractivity contribution in [2.24, 2.45) is 0 Å². The van der Waals surface area contributed by atoms with E-state index < -0.39 is 11.7 Å². The Kier molecular flexibility index (Phi) is 4.57. The highest BCUT2D eigenvalue weighted by Crippen LogP contribution is 2.30. The molecule has 21 heavy (non-hydrogen) atoms. The zero-order valence-corrected chi connectivity index (χ0v) is 11.8. The van der Waals surface area contributed by atoms with E-state index in [9.17, 15) is 13.2 Å². The summed E-state index contributed by atoms with van der Waals surface area (Å²) in [4.78, 5) is 8.50. The van der Waals surface area contributed by atoms with Crippen LogP contribution in [0.4, 0.5) is 13.2 Å². The number of hydrogen-bond donors (Lipinski definition) is 1. The lowest BCUT2D eigenvalue weighted by atomic mass is 10.0. The molecule has 0 aliphatic heterocycles. The maximum Gasteiger partial charge on any atom is 0.416 e. The molecule has 1 unspecified atom stereocenters. The third kappa shape index (κ3) is 3.78. The molecule has 1 atom stereocenters. The highest BCUT2D eigenvalue weighted by molar-refractivity contribution is 5.30. The van der Waals surface area contributed by atoms with Crippen LogP contribution in [-0.4, -0.2) is 16.5 Å². The van der Waals surface area contributed by atoms with Gasteiger partial charge in [0.2, 0.25) is 0 Å². The van der Waals surface area contributed by atoms with Gasteiger partial charge in [-0.25, -0.2) is 9.97 Å². The fourth-order valence-corrected chi connectivity index (χ4v) is 1.98. The van der Waals surface area contributed by atoms with E-state index in [0.717, 1.165) is 17.7 Å². The Labute approximate surface area is 121 Å². The first-order valence-electron chi connectivity index (χ1n) is 6.61. The first-order valence-corrected chi connectivity index (χ1v) is 6.61.